The number of hydrogen-bond donors (Lipinski definition) is 4. The standard InChI is InChI=1S/C13H20N4O2S/c1-4-13(14)9(2)10(3)16-17-11-5-7-12(8-6-11)20(15,18)19/h5-8,14,16-17H,4H2,1-3H3,(H2,15,18,19). The lowest BCUT2D eigenvalue weighted by atomic mass is 10.1. The quantitative estimate of drug-likeness (QED) is 0.475. The summed E-state index contributed by atoms with van der Waals surface area (Å²) in [5.41, 5.74) is 8.91. The fourth-order valence-electron chi connectivity index (χ4n) is 1.48. The van der Waals surface area contributed by atoms with Crippen molar-refractivity contribution >= 4 is 21.4 Å². The Balaban J connectivity index is 2.74. The van der Waals surface area contributed by atoms with Gasteiger partial charge in [0.05, 0.1) is 10.6 Å². The van der Waals surface area contributed by atoms with Crippen LogP contribution in [0, 0.1) is 5.41 Å². The summed E-state index contributed by atoms with van der Waals surface area (Å²) >= 11 is 0. The van der Waals surface area contributed by atoms with Crippen LogP contribution in [-0.4, -0.2) is 14.1 Å². The molecule has 7 heteroatoms. The van der Waals surface area contributed by atoms with Crippen LogP contribution in [0.4, 0.5) is 5.69 Å². The maximum absolute atomic E-state index is 11.1. The molecule has 0 fully saturated rings. The van der Waals surface area contributed by atoms with E-state index in [1.807, 2.05) is 20.8 Å². The third-order valence-corrected chi connectivity index (χ3v) is 3.88. The fraction of sp³-hybridized carbons (Fsp3) is 0.308. The number of rotatable bonds is 6. The van der Waals surface area contributed by atoms with Gasteiger partial charge in [-0.05, 0) is 50.1 Å². The van der Waals surface area contributed by atoms with Crippen LogP contribution in [0.2, 0.25) is 0 Å². The fourth-order valence-corrected chi connectivity index (χ4v) is 1.99. The number of nitrogens with one attached hydrogen (secondary N) is 3. The number of anilines is 1. The summed E-state index contributed by atoms with van der Waals surface area (Å²) in [7, 11) is -3.66. The maximum Gasteiger partial charge on any atom is 0.238 e. The summed E-state index contributed by atoms with van der Waals surface area (Å²) in [6.45, 7) is 5.67. The predicted molar refractivity (Wildman–Crippen MR) is 81.0 cm³/mol. The molecule has 110 valence electrons. The molecular weight excluding hydrogens is 276 g/mol. The summed E-state index contributed by atoms with van der Waals surface area (Å²) in [6, 6.07) is 6.08. The molecule has 0 atom stereocenters. The molecule has 20 heavy (non-hydrogen) atoms. The Bertz CT molecular complexity index is 618. The molecule has 0 aromatic heterocycles. The van der Waals surface area contributed by atoms with Crippen molar-refractivity contribution in [3.05, 3.63) is 35.5 Å². The van der Waals surface area contributed by atoms with E-state index in [0.29, 0.717) is 17.8 Å². The van der Waals surface area contributed by atoms with Gasteiger partial charge in [-0.15, -0.1) is 0 Å². The van der Waals surface area contributed by atoms with Crippen molar-refractivity contribution in [2.75, 3.05) is 5.43 Å². The van der Waals surface area contributed by atoms with E-state index in [2.05, 4.69) is 10.9 Å². The minimum atomic E-state index is -3.66. The number of nitrogens with two attached hydrogens (primary N) is 1. The number of primary sulfonamides is 1. The van der Waals surface area contributed by atoms with Crippen molar-refractivity contribution in [2.24, 2.45) is 5.14 Å². The molecule has 0 radical (unpaired) electrons. The average Bonchev–Trinajstić information content (AvgIpc) is 2.42. The van der Waals surface area contributed by atoms with Gasteiger partial charge in [0.15, 0.2) is 0 Å². The van der Waals surface area contributed by atoms with Crippen molar-refractivity contribution in [3.8, 4) is 0 Å². The van der Waals surface area contributed by atoms with E-state index in [4.69, 9.17) is 10.5 Å². The number of hydrazine groups is 1. The first-order chi connectivity index (χ1) is 9.25. The van der Waals surface area contributed by atoms with Crippen LogP contribution in [0.15, 0.2) is 40.4 Å². The van der Waals surface area contributed by atoms with Gasteiger partial charge in [0.1, 0.15) is 0 Å². The monoisotopic (exact) mass is 296 g/mol. The zero-order valence-corrected chi connectivity index (χ0v) is 12.6. The van der Waals surface area contributed by atoms with Crippen molar-refractivity contribution < 1.29 is 8.42 Å². The van der Waals surface area contributed by atoms with E-state index in [1.54, 1.807) is 12.1 Å². The molecule has 1 aromatic rings. The number of benzene rings is 1. The van der Waals surface area contributed by atoms with Crippen LogP contribution in [0.5, 0.6) is 0 Å². The van der Waals surface area contributed by atoms with Gasteiger partial charge < -0.3 is 16.3 Å². The zero-order chi connectivity index (χ0) is 15.3. The van der Waals surface area contributed by atoms with Gasteiger partial charge in [0.25, 0.3) is 0 Å². The van der Waals surface area contributed by atoms with E-state index in [9.17, 15) is 8.42 Å². The second-order valence-electron chi connectivity index (χ2n) is 4.40. The summed E-state index contributed by atoms with van der Waals surface area (Å²) < 4.78 is 22.2. The van der Waals surface area contributed by atoms with Gasteiger partial charge in [0, 0.05) is 11.4 Å². The van der Waals surface area contributed by atoms with Crippen LogP contribution in [0.3, 0.4) is 0 Å². The highest BCUT2D eigenvalue weighted by molar-refractivity contribution is 7.89. The molecule has 0 saturated carbocycles. The van der Waals surface area contributed by atoms with E-state index in [1.165, 1.54) is 12.1 Å². The number of hydrogen-bond acceptors (Lipinski definition) is 5. The lowest BCUT2D eigenvalue weighted by molar-refractivity contribution is 0.598. The van der Waals surface area contributed by atoms with Crippen molar-refractivity contribution in [2.45, 2.75) is 32.1 Å². The Morgan fingerprint density at radius 2 is 1.80 bits per heavy atom. The van der Waals surface area contributed by atoms with Gasteiger partial charge in [-0.2, -0.15) is 0 Å². The SMILES string of the molecule is CCC(=N)C(C)=C(C)NNc1ccc(S(N)(=O)=O)cc1. The van der Waals surface area contributed by atoms with Crippen molar-refractivity contribution in [1.29, 1.82) is 5.41 Å². The first-order valence-electron chi connectivity index (χ1n) is 6.16. The largest absolute Gasteiger partial charge is 0.305 e. The number of allylic oxidation sites excluding steroid dienone is 2. The van der Waals surface area contributed by atoms with Crippen LogP contribution in [-0.2, 0) is 10.0 Å². The van der Waals surface area contributed by atoms with Crippen LogP contribution < -0.4 is 16.0 Å². The highest BCUT2D eigenvalue weighted by Gasteiger charge is 2.06. The van der Waals surface area contributed by atoms with Gasteiger partial charge in [-0.3, -0.25) is 0 Å². The second-order valence-corrected chi connectivity index (χ2v) is 5.96. The molecule has 1 aromatic carbocycles. The first kappa shape index (κ1) is 16.2. The zero-order valence-electron chi connectivity index (χ0n) is 11.8. The Kier molecular flexibility index (Phi) is 5.29. The lowest BCUT2D eigenvalue weighted by Gasteiger charge is -2.13. The summed E-state index contributed by atoms with van der Waals surface area (Å²) in [5.74, 6) is 0. The van der Waals surface area contributed by atoms with Crippen molar-refractivity contribution in [3.63, 3.8) is 0 Å². The van der Waals surface area contributed by atoms with Gasteiger partial charge in [-0.1, -0.05) is 6.92 Å². The van der Waals surface area contributed by atoms with Crippen LogP contribution in [0.1, 0.15) is 27.2 Å². The van der Waals surface area contributed by atoms with E-state index >= 15 is 0 Å². The molecule has 0 amide bonds. The van der Waals surface area contributed by atoms with E-state index in [0.717, 1.165) is 11.3 Å². The second kappa shape index (κ2) is 6.53. The van der Waals surface area contributed by atoms with Crippen molar-refractivity contribution in [1.82, 2.24) is 5.43 Å². The third kappa shape index (κ3) is 4.36. The number of sulfonamides is 1. The molecule has 0 aliphatic rings. The minimum Gasteiger partial charge on any atom is -0.305 e. The summed E-state index contributed by atoms with van der Waals surface area (Å²) in [6.07, 6.45) is 0.675. The molecule has 0 heterocycles. The Labute approximate surface area is 119 Å². The summed E-state index contributed by atoms with van der Waals surface area (Å²) in [4.78, 5) is 0.0688. The van der Waals surface area contributed by atoms with E-state index < -0.39 is 10.0 Å². The smallest absolute Gasteiger partial charge is 0.238 e. The van der Waals surface area contributed by atoms with Gasteiger partial charge in [-0.25, -0.2) is 13.6 Å². The molecule has 0 bridgehead atoms. The highest BCUT2D eigenvalue weighted by atomic mass is 32.2. The lowest BCUT2D eigenvalue weighted by Crippen LogP contribution is -2.22. The average molecular weight is 296 g/mol. The molecule has 0 saturated heterocycles. The molecular formula is C13H20N4O2S. The van der Waals surface area contributed by atoms with Gasteiger partial charge >= 0.3 is 0 Å². The molecule has 1 rings (SSSR count). The van der Waals surface area contributed by atoms with Gasteiger partial charge in [0.2, 0.25) is 10.0 Å². The Morgan fingerprint density at radius 3 is 2.25 bits per heavy atom. The predicted octanol–water partition coefficient (Wildman–Crippen LogP) is 1.97. The topological polar surface area (TPSA) is 108 Å². The summed E-state index contributed by atoms with van der Waals surface area (Å²) in [5, 5.41) is 12.8. The highest BCUT2D eigenvalue weighted by Crippen LogP contribution is 2.12. The molecule has 0 unspecified atom stereocenters. The Morgan fingerprint density at radius 1 is 1.25 bits per heavy atom. The molecule has 0 aliphatic carbocycles. The van der Waals surface area contributed by atoms with Crippen LogP contribution >= 0.6 is 0 Å². The molecule has 6 nitrogen and oxygen atoms in total. The minimum absolute atomic E-state index is 0.0688. The third-order valence-electron chi connectivity index (χ3n) is 2.95. The maximum atomic E-state index is 11.1. The normalized spacial score (nSPS) is 12.6. The Hall–Kier alpha value is -1.86. The first-order valence-corrected chi connectivity index (χ1v) is 7.70. The molecule has 0 aliphatic heterocycles. The molecule has 0 spiro atoms. The van der Waals surface area contributed by atoms with E-state index in [-0.39, 0.29) is 4.90 Å². The van der Waals surface area contributed by atoms with Crippen LogP contribution in [0.25, 0.3) is 0 Å². The molecule has 5 N–H and O–H groups in total.